The summed E-state index contributed by atoms with van der Waals surface area (Å²) in [6.07, 6.45) is 6.06. The van der Waals surface area contributed by atoms with Gasteiger partial charge >= 0.3 is 0 Å². The average Bonchev–Trinajstić information content (AvgIpc) is 2.62. The number of amides is 1. The Balaban J connectivity index is 1.65. The Kier molecular flexibility index (Phi) is 5.80. The van der Waals surface area contributed by atoms with Gasteiger partial charge in [0.15, 0.2) is 0 Å². The van der Waals surface area contributed by atoms with E-state index in [9.17, 15) is 4.79 Å². The summed E-state index contributed by atoms with van der Waals surface area (Å²) in [6.45, 7) is 2.84. The molecule has 1 amide bonds. The fourth-order valence-corrected chi connectivity index (χ4v) is 4.48. The molecule has 1 aliphatic carbocycles. The van der Waals surface area contributed by atoms with E-state index in [0.717, 1.165) is 45.1 Å². The van der Waals surface area contributed by atoms with Gasteiger partial charge in [-0.05, 0) is 71.0 Å². The molecule has 0 bridgehead atoms. The monoisotopic (exact) mass is 344 g/mol. The lowest BCUT2D eigenvalue weighted by atomic mass is 9.73. The zero-order valence-electron chi connectivity index (χ0n) is 15.8. The predicted octanol–water partition coefficient (Wildman–Crippen LogP) is 3.33. The number of nitrogens with zero attached hydrogens (tertiary/aromatic N) is 1. The number of hydrogen-bond donors (Lipinski definition) is 1. The molecule has 1 aromatic rings. The van der Waals surface area contributed by atoms with Crippen molar-refractivity contribution in [3.8, 4) is 0 Å². The molecule has 4 nitrogen and oxygen atoms in total. The summed E-state index contributed by atoms with van der Waals surface area (Å²) < 4.78 is 5.61. The highest BCUT2D eigenvalue weighted by molar-refractivity contribution is 5.86. The van der Waals surface area contributed by atoms with Gasteiger partial charge in [0.2, 0.25) is 5.91 Å². The van der Waals surface area contributed by atoms with E-state index in [1.807, 2.05) is 0 Å². The standard InChI is InChI=1S/C21H32N2O2/c1-16-15-19(11-14-25-16)22-20(24)21(23(2)3)12-9-18(10-13-21)17-7-5-4-6-8-17/h4-8,16,18-19H,9-15H2,1-3H3,(H,22,24)/t16-,18?,19-,21?/m1/s1. The van der Waals surface area contributed by atoms with Gasteiger partial charge in [0.1, 0.15) is 0 Å². The summed E-state index contributed by atoms with van der Waals surface area (Å²) in [5.41, 5.74) is 1.04. The van der Waals surface area contributed by atoms with E-state index in [2.05, 4.69) is 61.6 Å². The van der Waals surface area contributed by atoms with Crippen LogP contribution in [0.25, 0.3) is 0 Å². The number of ether oxygens (including phenoxy) is 1. The molecule has 2 aliphatic rings. The van der Waals surface area contributed by atoms with Gasteiger partial charge in [-0.15, -0.1) is 0 Å². The molecule has 1 heterocycles. The summed E-state index contributed by atoms with van der Waals surface area (Å²) in [5, 5.41) is 3.34. The number of likely N-dealkylation sites (N-methyl/N-ethyl adjacent to an activating group) is 1. The quantitative estimate of drug-likeness (QED) is 0.911. The molecule has 1 saturated carbocycles. The zero-order chi connectivity index (χ0) is 17.9. The summed E-state index contributed by atoms with van der Waals surface area (Å²) in [6, 6.07) is 11.0. The topological polar surface area (TPSA) is 41.6 Å². The van der Waals surface area contributed by atoms with Gasteiger partial charge in [0, 0.05) is 12.6 Å². The SMILES string of the molecule is C[C@@H]1C[C@H](NC(=O)C2(N(C)C)CCC(c3ccccc3)CC2)CCO1. The molecule has 1 aliphatic heterocycles. The zero-order valence-corrected chi connectivity index (χ0v) is 15.8. The van der Waals surface area contributed by atoms with Gasteiger partial charge in [-0.25, -0.2) is 0 Å². The molecule has 138 valence electrons. The highest BCUT2D eigenvalue weighted by Gasteiger charge is 2.44. The lowest BCUT2D eigenvalue weighted by molar-refractivity contribution is -0.136. The van der Waals surface area contributed by atoms with Crippen LogP contribution in [0.3, 0.4) is 0 Å². The van der Waals surface area contributed by atoms with Crippen LogP contribution in [-0.4, -0.2) is 49.2 Å². The number of nitrogens with one attached hydrogen (secondary N) is 1. The second kappa shape index (κ2) is 7.88. The fourth-order valence-electron chi connectivity index (χ4n) is 4.48. The van der Waals surface area contributed by atoms with Crippen molar-refractivity contribution in [2.45, 2.75) is 69.1 Å². The van der Waals surface area contributed by atoms with Gasteiger partial charge in [-0.3, -0.25) is 9.69 Å². The molecule has 0 radical (unpaired) electrons. The minimum atomic E-state index is -0.368. The van der Waals surface area contributed by atoms with Crippen molar-refractivity contribution in [1.29, 1.82) is 0 Å². The Hall–Kier alpha value is -1.39. The van der Waals surface area contributed by atoms with Gasteiger partial charge in [0.05, 0.1) is 11.6 Å². The molecule has 25 heavy (non-hydrogen) atoms. The van der Waals surface area contributed by atoms with Crippen molar-refractivity contribution < 1.29 is 9.53 Å². The summed E-state index contributed by atoms with van der Waals surface area (Å²) in [7, 11) is 4.10. The third-order valence-corrected chi connectivity index (χ3v) is 6.18. The van der Waals surface area contributed by atoms with Crippen molar-refractivity contribution in [3.63, 3.8) is 0 Å². The maximum atomic E-state index is 13.2. The Bertz CT molecular complexity index is 565. The minimum Gasteiger partial charge on any atom is -0.378 e. The summed E-state index contributed by atoms with van der Waals surface area (Å²) in [5.74, 6) is 0.785. The first-order valence-electron chi connectivity index (χ1n) is 9.66. The molecule has 1 N–H and O–H groups in total. The Morgan fingerprint density at radius 3 is 2.44 bits per heavy atom. The molecule has 1 aromatic carbocycles. The molecule has 0 spiro atoms. The number of benzene rings is 1. The highest BCUT2D eigenvalue weighted by Crippen LogP contribution is 2.40. The smallest absolute Gasteiger partial charge is 0.240 e. The number of hydrogen-bond acceptors (Lipinski definition) is 3. The van der Waals surface area contributed by atoms with Crippen molar-refractivity contribution in [1.82, 2.24) is 10.2 Å². The van der Waals surface area contributed by atoms with E-state index < -0.39 is 0 Å². The van der Waals surface area contributed by atoms with Crippen LogP contribution in [0.1, 0.15) is 56.9 Å². The lowest BCUT2D eigenvalue weighted by Gasteiger charge is -2.44. The molecular weight excluding hydrogens is 312 g/mol. The summed E-state index contributed by atoms with van der Waals surface area (Å²) in [4.78, 5) is 15.3. The van der Waals surface area contributed by atoms with Gasteiger partial charge in [-0.2, -0.15) is 0 Å². The Morgan fingerprint density at radius 1 is 1.16 bits per heavy atom. The molecule has 3 rings (SSSR count). The van der Waals surface area contributed by atoms with Gasteiger partial charge < -0.3 is 10.1 Å². The van der Waals surface area contributed by atoms with Crippen LogP contribution in [0.2, 0.25) is 0 Å². The van der Waals surface area contributed by atoms with Crippen molar-refractivity contribution in [2.24, 2.45) is 0 Å². The van der Waals surface area contributed by atoms with E-state index in [1.165, 1.54) is 5.56 Å². The number of carbonyl (C=O) groups is 1. The van der Waals surface area contributed by atoms with Crippen LogP contribution in [0.15, 0.2) is 30.3 Å². The van der Waals surface area contributed by atoms with Crippen LogP contribution in [0, 0.1) is 0 Å². The van der Waals surface area contributed by atoms with E-state index >= 15 is 0 Å². The lowest BCUT2D eigenvalue weighted by Crippen LogP contribution is -2.60. The molecule has 0 unspecified atom stereocenters. The van der Waals surface area contributed by atoms with Crippen molar-refractivity contribution in [3.05, 3.63) is 35.9 Å². The molecule has 4 heteroatoms. The first-order chi connectivity index (χ1) is 12.0. The van der Waals surface area contributed by atoms with E-state index in [0.29, 0.717) is 5.92 Å². The summed E-state index contributed by atoms with van der Waals surface area (Å²) >= 11 is 0. The molecule has 2 atom stereocenters. The van der Waals surface area contributed by atoms with E-state index in [-0.39, 0.29) is 23.6 Å². The van der Waals surface area contributed by atoms with Crippen LogP contribution >= 0.6 is 0 Å². The largest absolute Gasteiger partial charge is 0.378 e. The first kappa shape index (κ1) is 18.4. The second-order valence-electron chi connectivity index (χ2n) is 7.99. The normalized spacial score (nSPS) is 33.2. The van der Waals surface area contributed by atoms with Crippen molar-refractivity contribution >= 4 is 5.91 Å². The maximum Gasteiger partial charge on any atom is 0.240 e. The van der Waals surface area contributed by atoms with E-state index in [1.54, 1.807) is 0 Å². The number of rotatable bonds is 4. The second-order valence-corrected chi connectivity index (χ2v) is 7.99. The minimum absolute atomic E-state index is 0.211. The van der Waals surface area contributed by atoms with Crippen LogP contribution in [0.5, 0.6) is 0 Å². The Morgan fingerprint density at radius 2 is 1.84 bits per heavy atom. The number of carbonyl (C=O) groups excluding carboxylic acids is 1. The fraction of sp³-hybridized carbons (Fsp3) is 0.667. The van der Waals surface area contributed by atoms with Crippen LogP contribution in [-0.2, 0) is 9.53 Å². The predicted molar refractivity (Wildman–Crippen MR) is 101 cm³/mol. The third kappa shape index (κ3) is 4.06. The molecular formula is C21H32N2O2. The highest BCUT2D eigenvalue weighted by atomic mass is 16.5. The van der Waals surface area contributed by atoms with Crippen LogP contribution < -0.4 is 5.32 Å². The average molecular weight is 344 g/mol. The van der Waals surface area contributed by atoms with Crippen LogP contribution in [0.4, 0.5) is 0 Å². The molecule has 0 aromatic heterocycles. The van der Waals surface area contributed by atoms with Crippen molar-refractivity contribution in [2.75, 3.05) is 20.7 Å². The maximum absolute atomic E-state index is 13.2. The van der Waals surface area contributed by atoms with Gasteiger partial charge in [-0.1, -0.05) is 30.3 Å². The molecule has 2 fully saturated rings. The van der Waals surface area contributed by atoms with E-state index in [4.69, 9.17) is 4.74 Å². The third-order valence-electron chi connectivity index (χ3n) is 6.18. The first-order valence-corrected chi connectivity index (χ1v) is 9.66. The molecule has 1 saturated heterocycles. The Labute approximate surface area is 151 Å². The van der Waals surface area contributed by atoms with Gasteiger partial charge in [0.25, 0.3) is 0 Å².